The third-order valence-corrected chi connectivity index (χ3v) is 1.72. The third-order valence-electron chi connectivity index (χ3n) is 1.72. The van der Waals surface area contributed by atoms with E-state index in [1.54, 1.807) is 18.7 Å². The molecule has 1 rings (SSSR count). The SMILES string of the molecule is CN(C)c1nc(N)nc(NCC(C)(C)O)n1. The van der Waals surface area contributed by atoms with Crippen LogP contribution in [0.25, 0.3) is 0 Å². The average Bonchev–Trinajstić information content (AvgIpc) is 2.13. The van der Waals surface area contributed by atoms with Crippen molar-refractivity contribution in [3.63, 3.8) is 0 Å². The number of hydrogen-bond donors (Lipinski definition) is 3. The number of nitrogens with zero attached hydrogens (tertiary/aromatic N) is 4. The molecule has 0 radical (unpaired) electrons. The van der Waals surface area contributed by atoms with Gasteiger partial charge in [-0.1, -0.05) is 0 Å². The first kappa shape index (κ1) is 12.4. The Morgan fingerprint density at radius 1 is 1.31 bits per heavy atom. The first-order valence-corrected chi connectivity index (χ1v) is 4.93. The van der Waals surface area contributed by atoms with Crippen molar-refractivity contribution >= 4 is 17.8 Å². The molecule has 16 heavy (non-hydrogen) atoms. The van der Waals surface area contributed by atoms with Gasteiger partial charge < -0.3 is 21.1 Å². The number of rotatable bonds is 4. The van der Waals surface area contributed by atoms with E-state index in [1.165, 1.54) is 0 Å². The minimum Gasteiger partial charge on any atom is -0.389 e. The van der Waals surface area contributed by atoms with Gasteiger partial charge in [0, 0.05) is 20.6 Å². The zero-order valence-electron chi connectivity index (χ0n) is 10.0. The summed E-state index contributed by atoms with van der Waals surface area (Å²) in [6, 6.07) is 0. The molecule has 1 aromatic heterocycles. The number of hydrogen-bond acceptors (Lipinski definition) is 7. The average molecular weight is 226 g/mol. The number of nitrogens with two attached hydrogens (primary N) is 1. The minimum absolute atomic E-state index is 0.150. The fourth-order valence-corrected chi connectivity index (χ4v) is 0.955. The van der Waals surface area contributed by atoms with E-state index in [1.807, 2.05) is 14.1 Å². The molecule has 90 valence electrons. The van der Waals surface area contributed by atoms with Gasteiger partial charge in [0.05, 0.1) is 5.60 Å². The predicted molar refractivity (Wildman–Crippen MR) is 63.4 cm³/mol. The molecule has 0 aliphatic heterocycles. The van der Waals surface area contributed by atoms with Gasteiger partial charge in [-0.25, -0.2) is 0 Å². The number of anilines is 3. The lowest BCUT2D eigenvalue weighted by atomic mass is 10.1. The molecule has 0 saturated carbocycles. The Bertz CT molecular complexity index is 360. The van der Waals surface area contributed by atoms with Crippen molar-refractivity contribution in [2.75, 3.05) is 36.6 Å². The molecular formula is C9H18N6O. The maximum Gasteiger partial charge on any atom is 0.231 e. The van der Waals surface area contributed by atoms with Crippen molar-refractivity contribution in [3.05, 3.63) is 0 Å². The second-order valence-corrected chi connectivity index (χ2v) is 4.38. The molecule has 0 aliphatic rings. The van der Waals surface area contributed by atoms with Crippen LogP contribution < -0.4 is 16.0 Å². The molecule has 0 saturated heterocycles. The van der Waals surface area contributed by atoms with E-state index in [2.05, 4.69) is 20.3 Å². The van der Waals surface area contributed by atoms with E-state index >= 15 is 0 Å². The highest BCUT2D eigenvalue weighted by Crippen LogP contribution is 2.10. The molecule has 0 spiro atoms. The van der Waals surface area contributed by atoms with Crippen molar-refractivity contribution in [3.8, 4) is 0 Å². The molecule has 7 heteroatoms. The van der Waals surface area contributed by atoms with Crippen molar-refractivity contribution < 1.29 is 5.11 Å². The summed E-state index contributed by atoms with van der Waals surface area (Å²) in [4.78, 5) is 13.7. The summed E-state index contributed by atoms with van der Waals surface area (Å²) in [6.45, 7) is 3.72. The van der Waals surface area contributed by atoms with E-state index in [0.29, 0.717) is 18.4 Å². The number of nitrogen functional groups attached to an aromatic ring is 1. The summed E-state index contributed by atoms with van der Waals surface area (Å²) in [5.41, 5.74) is 4.71. The smallest absolute Gasteiger partial charge is 0.231 e. The number of aromatic nitrogens is 3. The fraction of sp³-hybridized carbons (Fsp3) is 0.667. The lowest BCUT2D eigenvalue weighted by Gasteiger charge is -2.18. The van der Waals surface area contributed by atoms with Crippen LogP contribution in [-0.4, -0.2) is 46.3 Å². The van der Waals surface area contributed by atoms with Gasteiger partial charge in [-0.2, -0.15) is 15.0 Å². The zero-order chi connectivity index (χ0) is 12.3. The van der Waals surface area contributed by atoms with Crippen molar-refractivity contribution in [1.82, 2.24) is 15.0 Å². The molecule has 1 aromatic rings. The van der Waals surface area contributed by atoms with Gasteiger partial charge >= 0.3 is 0 Å². The van der Waals surface area contributed by atoms with Crippen molar-refractivity contribution in [2.45, 2.75) is 19.4 Å². The van der Waals surface area contributed by atoms with Crippen LogP contribution in [0.2, 0.25) is 0 Å². The molecule has 0 unspecified atom stereocenters. The van der Waals surface area contributed by atoms with Crippen LogP contribution in [0.15, 0.2) is 0 Å². The summed E-state index contributed by atoms with van der Waals surface area (Å²) in [6.07, 6.45) is 0. The van der Waals surface area contributed by atoms with Crippen LogP contribution in [0.4, 0.5) is 17.8 Å². The second kappa shape index (κ2) is 4.48. The first-order valence-electron chi connectivity index (χ1n) is 4.93. The molecule has 4 N–H and O–H groups in total. The molecule has 0 fully saturated rings. The standard InChI is InChI=1S/C9H18N6O/c1-9(2,16)5-11-7-12-6(10)13-8(14-7)15(3)4/h16H,5H2,1-4H3,(H3,10,11,12,13,14). The minimum atomic E-state index is -0.834. The Kier molecular flexibility index (Phi) is 3.48. The Morgan fingerprint density at radius 3 is 2.44 bits per heavy atom. The van der Waals surface area contributed by atoms with Crippen LogP contribution in [0, 0.1) is 0 Å². The molecule has 1 heterocycles. The normalized spacial score (nSPS) is 11.3. The van der Waals surface area contributed by atoms with Gasteiger partial charge in [-0.3, -0.25) is 0 Å². The van der Waals surface area contributed by atoms with Gasteiger partial charge in [0.1, 0.15) is 0 Å². The van der Waals surface area contributed by atoms with Gasteiger partial charge in [0.2, 0.25) is 17.8 Å². The summed E-state index contributed by atoms with van der Waals surface area (Å²) < 4.78 is 0. The molecule has 0 bridgehead atoms. The highest BCUT2D eigenvalue weighted by molar-refractivity contribution is 5.40. The van der Waals surface area contributed by atoms with E-state index in [0.717, 1.165) is 0 Å². The van der Waals surface area contributed by atoms with Crippen LogP contribution in [0.5, 0.6) is 0 Å². The maximum atomic E-state index is 9.55. The lowest BCUT2D eigenvalue weighted by Crippen LogP contribution is -2.30. The van der Waals surface area contributed by atoms with E-state index in [4.69, 9.17) is 5.73 Å². The van der Waals surface area contributed by atoms with Gasteiger partial charge in [-0.15, -0.1) is 0 Å². The predicted octanol–water partition coefficient (Wildman–Crippen LogP) is -0.297. The van der Waals surface area contributed by atoms with Gasteiger partial charge in [0.25, 0.3) is 0 Å². The topological polar surface area (TPSA) is 100 Å². The molecular weight excluding hydrogens is 208 g/mol. The molecule has 0 atom stereocenters. The third kappa shape index (κ3) is 3.85. The van der Waals surface area contributed by atoms with Crippen LogP contribution >= 0.6 is 0 Å². The van der Waals surface area contributed by atoms with Gasteiger partial charge in [-0.05, 0) is 13.8 Å². The van der Waals surface area contributed by atoms with Gasteiger partial charge in [0.15, 0.2) is 0 Å². The lowest BCUT2D eigenvalue weighted by molar-refractivity contribution is 0.0943. The largest absolute Gasteiger partial charge is 0.389 e. The summed E-state index contributed by atoms with van der Waals surface area (Å²) in [7, 11) is 3.63. The Labute approximate surface area is 94.7 Å². The van der Waals surface area contributed by atoms with E-state index in [-0.39, 0.29) is 5.95 Å². The Morgan fingerprint density at radius 2 is 1.94 bits per heavy atom. The Hall–Kier alpha value is -1.63. The summed E-state index contributed by atoms with van der Waals surface area (Å²) >= 11 is 0. The molecule has 0 aromatic carbocycles. The second-order valence-electron chi connectivity index (χ2n) is 4.38. The van der Waals surface area contributed by atoms with E-state index in [9.17, 15) is 5.11 Å². The number of aliphatic hydroxyl groups is 1. The van der Waals surface area contributed by atoms with Crippen LogP contribution in [0.1, 0.15) is 13.8 Å². The summed E-state index contributed by atoms with van der Waals surface area (Å²) in [5.74, 6) is 0.987. The van der Waals surface area contributed by atoms with E-state index < -0.39 is 5.60 Å². The van der Waals surface area contributed by atoms with Crippen molar-refractivity contribution in [2.24, 2.45) is 0 Å². The fourth-order valence-electron chi connectivity index (χ4n) is 0.955. The molecule has 0 aliphatic carbocycles. The van der Waals surface area contributed by atoms with Crippen molar-refractivity contribution in [1.29, 1.82) is 0 Å². The Balaban J connectivity index is 2.81. The first-order chi connectivity index (χ1) is 7.28. The monoisotopic (exact) mass is 226 g/mol. The highest BCUT2D eigenvalue weighted by atomic mass is 16.3. The quantitative estimate of drug-likeness (QED) is 0.648. The zero-order valence-corrected chi connectivity index (χ0v) is 10.0. The summed E-state index contributed by atoms with van der Waals surface area (Å²) in [5, 5.41) is 12.5. The van der Waals surface area contributed by atoms with Crippen LogP contribution in [0.3, 0.4) is 0 Å². The number of nitrogens with one attached hydrogen (secondary N) is 1. The maximum absolute atomic E-state index is 9.55. The highest BCUT2D eigenvalue weighted by Gasteiger charge is 2.13. The molecule has 7 nitrogen and oxygen atoms in total. The molecule has 0 amide bonds. The van der Waals surface area contributed by atoms with Crippen LogP contribution in [-0.2, 0) is 0 Å².